The molecule has 0 aromatic heterocycles. The van der Waals surface area contributed by atoms with Crippen molar-refractivity contribution in [3.63, 3.8) is 0 Å². The van der Waals surface area contributed by atoms with Crippen LogP contribution < -0.4 is 10.6 Å². The van der Waals surface area contributed by atoms with Crippen molar-refractivity contribution in [3.05, 3.63) is 54.6 Å². The van der Waals surface area contributed by atoms with E-state index in [2.05, 4.69) is 10.6 Å². The number of nitrogens with zero attached hydrogens (tertiary/aromatic N) is 1. The van der Waals surface area contributed by atoms with E-state index in [1.54, 1.807) is 48.5 Å². The number of benzene rings is 2. The Morgan fingerprint density at radius 1 is 0.857 bits per heavy atom. The zero-order chi connectivity index (χ0) is 15.1. The number of carbonyl (C=O) groups excluding carboxylic acids is 2. The molecule has 0 fully saturated rings. The maximum absolute atomic E-state index is 11.7. The molecule has 104 valence electrons. The minimum atomic E-state index is -0.750. The normalized spacial score (nSPS) is 9.48. The zero-order valence-corrected chi connectivity index (χ0v) is 11.7. The first-order chi connectivity index (χ1) is 10.2. The molecular weight excluding hydrogens is 286 g/mol. The number of thioether (sulfide) groups is 1. The molecule has 2 amide bonds. The lowest BCUT2D eigenvalue weighted by atomic mass is 10.3. The van der Waals surface area contributed by atoms with Crippen LogP contribution in [0.2, 0.25) is 0 Å². The molecule has 21 heavy (non-hydrogen) atoms. The Morgan fingerprint density at radius 3 is 1.90 bits per heavy atom. The van der Waals surface area contributed by atoms with Gasteiger partial charge in [-0.25, -0.2) is 0 Å². The summed E-state index contributed by atoms with van der Waals surface area (Å²) in [7, 11) is 0. The third-order valence-corrected chi connectivity index (χ3v) is 3.11. The van der Waals surface area contributed by atoms with E-state index < -0.39 is 11.8 Å². The van der Waals surface area contributed by atoms with E-state index in [-0.39, 0.29) is 0 Å². The lowest BCUT2D eigenvalue weighted by molar-refractivity contribution is -0.132. The molecule has 0 heterocycles. The van der Waals surface area contributed by atoms with Gasteiger partial charge in [0.25, 0.3) is 0 Å². The van der Waals surface area contributed by atoms with Gasteiger partial charge in [0, 0.05) is 16.3 Å². The van der Waals surface area contributed by atoms with E-state index in [1.807, 2.05) is 11.5 Å². The fraction of sp³-hybridized carbons (Fsp3) is 0. The number of hydrogen-bond donors (Lipinski definition) is 2. The molecule has 0 aliphatic rings. The molecule has 2 N–H and O–H groups in total. The lowest BCUT2D eigenvalue weighted by Gasteiger charge is -2.06. The van der Waals surface area contributed by atoms with E-state index in [0.717, 1.165) is 16.7 Å². The summed E-state index contributed by atoms with van der Waals surface area (Å²) in [6.07, 6.45) is 0. The standard InChI is InChI=1S/C15H11N3O2S/c16-10-21-13-8-6-12(7-9-13)18-15(20)14(19)17-11-4-2-1-3-5-11/h1-9H,(H,17,19)(H,18,20). The predicted molar refractivity (Wildman–Crippen MR) is 81.6 cm³/mol. The minimum absolute atomic E-state index is 0.491. The molecule has 5 nitrogen and oxygen atoms in total. The van der Waals surface area contributed by atoms with Gasteiger partial charge in [-0.3, -0.25) is 9.59 Å². The van der Waals surface area contributed by atoms with Gasteiger partial charge in [0.15, 0.2) is 0 Å². The van der Waals surface area contributed by atoms with Gasteiger partial charge in [-0.15, -0.1) is 0 Å². The van der Waals surface area contributed by atoms with Crippen molar-refractivity contribution in [2.24, 2.45) is 0 Å². The van der Waals surface area contributed by atoms with E-state index in [4.69, 9.17) is 5.26 Å². The van der Waals surface area contributed by atoms with Gasteiger partial charge in [0.1, 0.15) is 5.40 Å². The van der Waals surface area contributed by atoms with E-state index in [0.29, 0.717) is 11.4 Å². The summed E-state index contributed by atoms with van der Waals surface area (Å²) in [6.45, 7) is 0. The maximum atomic E-state index is 11.7. The number of thiocyanates is 1. The second kappa shape index (κ2) is 7.12. The molecule has 0 saturated carbocycles. The number of amides is 2. The Kier molecular flexibility index (Phi) is 4.96. The van der Waals surface area contributed by atoms with Crippen LogP contribution in [0.15, 0.2) is 59.5 Å². The molecule has 2 rings (SSSR count). The summed E-state index contributed by atoms with van der Waals surface area (Å²) >= 11 is 1.02. The van der Waals surface area contributed by atoms with Crippen LogP contribution in [0, 0.1) is 10.7 Å². The molecule has 0 bridgehead atoms. The smallest absolute Gasteiger partial charge is 0.314 e. The summed E-state index contributed by atoms with van der Waals surface area (Å²) in [5.74, 6) is -1.49. The first kappa shape index (κ1) is 14.6. The van der Waals surface area contributed by atoms with E-state index in [1.165, 1.54) is 0 Å². The molecule has 0 aliphatic carbocycles. The Hall–Kier alpha value is -2.78. The molecular formula is C15H11N3O2S. The molecule has 0 atom stereocenters. The Labute approximate surface area is 126 Å². The van der Waals surface area contributed by atoms with Crippen molar-refractivity contribution in [2.75, 3.05) is 10.6 Å². The molecule has 0 spiro atoms. The van der Waals surface area contributed by atoms with E-state index >= 15 is 0 Å². The maximum Gasteiger partial charge on any atom is 0.314 e. The van der Waals surface area contributed by atoms with Crippen molar-refractivity contribution < 1.29 is 9.59 Å². The molecule has 2 aromatic carbocycles. The first-order valence-electron chi connectivity index (χ1n) is 6.02. The van der Waals surface area contributed by atoms with Gasteiger partial charge in [0.05, 0.1) is 0 Å². The summed E-state index contributed by atoms with van der Waals surface area (Å²) in [6, 6.07) is 15.4. The van der Waals surface area contributed by atoms with Gasteiger partial charge in [-0.2, -0.15) is 5.26 Å². The number of nitrogens with one attached hydrogen (secondary N) is 2. The average Bonchev–Trinajstić information content (AvgIpc) is 2.50. The summed E-state index contributed by atoms with van der Waals surface area (Å²) in [4.78, 5) is 24.2. The number of anilines is 2. The number of rotatable bonds is 3. The molecule has 6 heteroatoms. The van der Waals surface area contributed by atoms with Crippen LogP contribution in [-0.4, -0.2) is 11.8 Å². The van der Waals surface area contributed by atoms with Crippen LogP contribution in [0.5, 0.6) is 0 Å². The van der Waals surface area contributed by atoms with E-state index in [9.17, 15) is 9.59 Å². The third-order valence-electron chi connectivity index (χ3n) is 2.51. The summed E-state index contributed by atoms with van der Waals surface area (Å²) in [5, 5.41) is 15.5. The van der Waals surface area contributed by atoms with Gasteiger partial charge >= 0.3 is 11.8 Å². The largest absolute Gasteiger partial charge is 0.318 e. The second-order valence-electron chi connectivity index (χ2n) is 3.99. The fourth-order valence-electron chi connectivity index (χ4n) is 1.56. The fourth-order valence-corrected chi connectivity index (χ4v) is 1.93. The van der Waals surface area contributed by atoms with Crippen LogP contribution in [0.25, 0.3) is 0 Å². The number of carbonyl (C=O) groups is 2. The molecule has 0 radical (unpaired) electrons. The Balaban J connectivity index is 1.94. The monoisotopic (exact) mass is 297 g/mol. The SMILES string of the molecule is N#CSc1ccc(NC(=O)C(=O)Nc2ccccc2)cc1. The highest BCUT2D eigenvalue weighted by atomic mass is 32.2. The zero-order valence-electron chi connectivity index (χ0n) is 10.9. The first-order valence-corrected chi connectivity index (χ1v) is 6.84. The second-order valence-corrected chi connectivity index (χ2v) is 4.85. The van der Waals surface area contributed by atoms with Crippen LogP contribution in [0.4, 0.5) is 11.4 Å². The van der Waals surface area contributed by atoms with Gasteiger partial charge in [0.2, 0.25) is 0 Å². The average molecular weight is 297 g/mol. The molecule has 0 saturated heterocycles. The van der Waals surface area contributed by atoms with Gasteiger partial charge in [-0.1, -0.05) is 18.2 Å². The predicted octanol–water partition coefficient (Wildman–Crippen LogP) is 2.84. The molecule has 2 aromatic rings. The van der Waals surface area contributed by atoms with Crippen molar-refractivity contribution in [1.29, 1.82) is 5.26 Å². The quantitative estimate of drug-likeness (QED) is 0.518. The van der Waals surface area contributed by atoms with Crippen molar-refractivity contribution in [1.82, 2.24) is 0 Å². The van der Waals surface area contributed by atoms with Crippen LogP contribution in [-0.2, 0) is 9.59 Å². The summed E-state index contributed by atoms with van der Waals surface area (Å²) < 4.78 is 0. The molecule has 0 aliphatic heterocycles. The highest BCUT2D eigenvalue weighted by Crippen LogP contribution is 2.19. The van der Waals surface area contributed by atoms with Crippen molar-refractivity contribution in [2.45, 2.75) is 4.90 Å². The van der Waals surface area contributed by atoms with Gasteiger partial charge in [-0.05, 0) is 48.2 Å². The lowest BCUT2D eigenvalue weighted by Crippen LogP contribution is -2.28. The Bertz CT molecular complexity index is 678. The third kappa shape index (κ3) is 4.37. The molecule has 0 unspecified atom stereocenters. The minimum Gasteiger partial charge on any atom is -0.318 e. The van der Waals surface area contributed by atoms with Crippen LogP contribution >= 0.6 is 11.8 Å². The van der Waals surface area contributed by atoms with Crippen LogP contribution in [0.1, 0.15) is 0 Å². The topological polar surface area (TPSA) is 82.0 Å². The number of nitriles is 1. The number of hydrogen-bond acceptors (Lipinski definition) is 4. The van der Waals surface area contributed by atoms with Gasteiger partial charge < -0.3 is 10.6 Å². The highest BCUT2D eigenvalue weighted by molar-refractivity contribution is 8.03. The van der Waals surface area contributed by atoms with Crippen molar-refractivity contribution in [3.8, 4) is 5.40 Å². The van der Waals surface area contributed by atoms with Crippen LogP contribution in [0.3, 0.4) is 0 Å². The summed E-state index contributed by atoms with van der Waals surface area (Å²) in [5.41, 5.74) is 1.05. The Morgan fingerprint density at radius 2 is 1.38 bits per heavy atom. The number of para-hydroxylation sites is 1. The van der Waals surface area contributed by atoms with Crippen molar-refractivity contribution >= 4 is 35.0 Å². The highest BCUT2D eigenvalue weighted by Gasteiger charge is 2.13.